The van der Waals surface area contributed by atoms with Gasteiger partial charge in [0.2, 0.25) is 5.91 Å². The maximum absolute atomic E-state index is 11.9. The largest absolute Gasteiger partial charge is 0.480 e. The van der Waals surface area contributed by atoms with Gasteiger partial charge in [-0.2, -0.15) is 0 Å². The Labute approximate surface area is 118 Å². The SMILES string of the molecule is COCCN(CC(=O)O)C(=O)C=Cc1ccc(C)cc1. The second kappa shape index (κ2) is 8.12. The number of nitrogens with zero attached hydrogens (tertiary/aromatic N) is 1. The molecule has 0 unspecified atom stereocenters. The molecule has 0 saturated heterocycles. The van der Waals surface area contributed by atoms with Crippen molar-refractivity contribution in [2.75, 3.05) is 26.8 Å². The van der Waals surface area contributed by atoms with Gasteiger partial charge in [-0.25, -0.2) is 0 Å². The molecular formula is C15H19NO4. The molecule has 1 rings (SSSR count). The van der Waals surface area contributed by atoms with Gasteiger partial charge in [-0.05, 0) is 18.6 Å². The highest BCUT2D eigenvalue weighted by Crippen LogP contribution is 2.05. The van der Waals surface area contributed by atoms with E-state index in [2.05, 4.69) is 0 Å². The zero-order chi connectivity index (χ0) is 15.0. The molecule has 0 aliphatic rings. The molecule has 5 nitrogen and oxygen atoms in total. The molecule has 108 valence electrons. The third kappa shape index (κ3) is 5.67. The number of methoxy groups -OCH3 is 1. The topological polar surface area (TPSA) is 66.8 Å². The van der Waals surface area contributed by atoms with Crippen molar-refractivity contribution < 1.29 is 19.4 Å². The number of carboxylic acid groups (broad SMARTS) is 1. The summed E-state index contributed by atoms with van der Waals surface area (Å²) in [4.78, 5) is 23.9. The van der Waals surface area contributed by atoms with Gasteiger partial charge in [-0.1, -0.05) is 29.8 Å². The number of benzene rings is 1. The lowest BCUT2D eigenvalue weighted by Crippen LogP contribution is -2.36. The van der Waals surface area contributed by atoms with Crippen LogP contribution in [0.3, 0.4) is 0 Å². The average molecular weight is 277 g/mol. The summed E-state index contributed by atoms with van der Waals surface area (Å²) >= 11 is 0. The molecule has 0 spiro atoms. The van der Waals surface area contributed by atoms with Gasteiger partial charge in [0.25, 0.3) is 0 Å². The minimum atomic E-state index is -1.04. The number of hydrogen-bond donors (Lipinski definition) is 1. The molecule has 0 saturated carbocycles. The summed E-state index contributed by atoms with van der Waals surface area (Å²) in [6, 6.07) is 7.69. The fraction of sp³-hybridized carbons (Fsp3) is 0.333. The minimum Gasteiger partial charge on any atom is -0.480 e. The van der Waals surface area contributed by atoms with Crippen LogP contribution in [-0.2, 0) is 14.3 Å². The fourth-order valence-electron chi connectivity index (χ4n) is 1.58. The van der Waals surface area contributed by atoms with Crippen LogP contribution in [0.1, 0.15) is 11.1 Å². The third-order valence-corrected chi connectivity index (χ3v) is 2.70. The number of carbonyl (C=O) groups is 2. The number of carbonyl (C=O) groups excluding carboxylic acids is 1. The quantitative estimate of drug-likeness (QED) is 0.768. The van der Waals surface area contributed by atoms with E-state index in [1.54, 1.807) is 6.08 Å². The lowest BCUT2D eigenvalue weighted by atomic mass is 10.1. The minimum absolute atomic E-state index is 0.250. The van der Waals surface area contributed by atoms with Gasteiger partial charge in [0.15, 0.2) is 0 Å². The molecule has 1 amide bonds. The Bertz CT molecular complexity index is 479. The van der Waals surface area contributed by atoms with Crippen LogP contribution >= 0.6 is 0 Å². The Morgan fingerprint density at radius 1 is 1.30 bits per heavy atom. The zero-order valence-electron chi connectivity index (χ0n) is 11.7. The Hall–Kier alpha value is -2.14. The van der Waals surface area contributed by atoms with Crippen LogP contribution in [-0.4, -0.2) is 48.7 Å². The summed E-state index contributed by atoms with van der Waals surface area (Å²) in [7, 11) is 1.51. The molecule has 1 aromatic rings. The van der Waals surface area contributed by atoms with Crippen LogP contribution in [0.15, 0.2) is 30.3 Å². The summed E-state index contributed by atoms with van der Waals surface area (Å²) < 4.78 is 4.87. The molecule has 0 aliphatic carbocycles. The molecule has 5 heteroatoms. The van der Waals surface area contributed by atoms with E-state index in [0.29, 0.717) is 6.61 Å². The number of amides is 1. The molecule has 0 aromatic heterocycles. The smallest absolute Gasteiger partial charge is 0.323 e. The molecule has 0 bridgehead atoms. The summed E-state index contributed by atoms with van der Waals surface area (Å²) in [6.07, 6.45) is 3.05. The zero-order valence-corrected chi connectivity index (χ0v) is 11.7. The number of rotatable bonds is 7. The average Bonchev–Trinajstić information content (AvgIpc) is 2.42. The van der Waals surface area contributed by atoms with Gasteiger partial charge in [0.05, 0.1) is 6.61 Å². The number of hydrogen-bond acceptors (Lipinski definition) is 3. The van der Waals surface area contributed by atoms with E-state index in [0.717, 1.165) is 11.1 Å². The van der Waals surface area contributed by atoms with Crippen molar-refractivity contribution in [2.24, 2.45) is 0 Å². The molecule has 0 fully saturated rings. The van der Waals surface area contributed by atoms with Crippen molar-refractivity contribution in [3.63, 3.8) is 0 Å². The fourth-order valence-corrected chi connectivity index (χ4v) is 1.58. The predicted octanol–water partition coefficient (Wildman–Crippen LogP) is 1.57. The van der Waals surface area contributed by atoms with Crippen molar-refractivity contribution in [1.29, 1.82) is 0 Å². The highest BCUT2D eigenvalue weighted by molar-refractivity contribution is 5.93. The van der Waals surface area contributed by atoms with Crippen molar-refractivity contribution in [1.82, 2.24) is 4.90 Å². The van der Waals surface area contributed by atoms with E-state index < -0.39 is 5.97 Å². The van der Waals surface area contributed by atoms with Gasteiger partial charge in [0, 0.05) is 19.7 Å². The molecule has 0 radical (unpaired) electrons. The van der Waals surface area contributed by atoms with Crippen molar-refractivity contribution in [2.45, 2.75) is 6.92 Å². The maximum atomic E-state index is 11.9. The standard InChI is InChI=1S/C15H19NO4/c1-12-3-5-13(6-4-12)7-8-14(17)16(9-10-20-2)11-15(18)19/h3-8H,9-11H2,1-2H3,(H,18,19). The molecule has 20 heavy (non-hydrogen) atoms. The highest BCUT2D eigenvalue weighted by Gasteiger charge is 2.13. The summed E-state index contributed by atoms with van der Waals surface area (Å²) in [5.41, 5.74) is 2.03. The van der Waals surface area contributed by atoms with Crippen LogP contribution in [0.5, 0.6) is 0 Å². The molecule has 0 heterocycles. The third-order valence-electron chi connectivity index (χ3n) is 2.70. The predicted molar refractivity (Wildman–Crippen MR) is 76.3 cm³/mol. The summed E-state index contributed by atoms with van der Waals surface area (Å²) in [5.74, 6) is -1.39. The number of carboxylic acids is 1. The van der Waals surface area contributed by atoms with E-state index in [4.69, 9.17) is 9.84 Å². The van der Waals surface area contributed by atoms with E-state index in [1.807, 2.05) is 31.2 Å². The van der Waals surface area contributed by atoms with Crippen molar-refractivity contribution in [3.05, 3.63) is 41.5 Å². The van der Waals surface area contributed by atoms with Crippen LogP contribution < -0.4 is 0 Å². The van der Waals surface area contributed by atoms with Gasteiger partial charge >= 0.3 is 5.97 Å². The van der Waals surface area contributed by atoms with Gasteiger partial charge < -0.3 is 14.7 Å². The maximum Gasteiger partial charge on any atom is 0.323 e. The van der Waals surface area contributed by atoms with Crippen molar-refractivity contribution in [3.8, 4) is 0 Å². The molecule has 0 aliphatic heterocycles. The van der Waals surface area contributed by atoms with Crippen LogP contribution in [0, 0.1) is 6.92 Å². The molecular weight excluding hydrogens is 258 g/mol. The lowest BCUT2D eigenvalue weighted by Gasteiger charge is -2.18. The van der Waals surface area contributed by atoms with E-state index in [9.17, 15) is 9.59 Å². The van der Waals surface area contributed by atoms with Crippen LogP contribution in [0.25, 0.3) is 6.08 Å². The van der Waals surface area contributed by atoms with Crippen molar-refractivity contribution >= 4 is 18.0 Å². The summed E-state index contributed by atoms with van der Waals surface area (Å²) in [6.45, 7) is 2.20. The first kappa shape index (κ1) is 15.9. The first-order valence-electron chi connectivity index (χ1n) is 6.27. The van der Waals surface area contributed by atoms with Gasteiger partial charge in [0.1, 0.15) is 6.54 Å². The Balaban J connectivity index is 2.68. The van der Waals surface area contributed by atoms with Crippen LogP contribution in [0.2, 0.25) is 0 Å². The van der Waals surface area contributed by atoms with Gasteiger partial charge in [-0.3, -0.25) is 9.59 Å². The Morgan fingerprint density at radius 3 is 2.50 bits per heavy atom. The van der Waals surface area contributed by atoms with Gasteiger partial charge in [-0.15, -0.1) is 0 Å². The summed E-state index contributed by atoms with van der Waals surface area (Å²) in [5, 5.41) is 8.79. The second-order valence-electron chi connectivity index (χ2n) is 4.39. The number of aryl methyl sites for hydroxylation is 1. The normalized spacial score (nSPS) is 10.7. The Morgan fingerprint density at radius 2 is 1.95 bits per heavy atom. The highest BCUT2D eigenvalue weighted by atomic mass is 16.5. The van der Waals surface area contributed by atoms with E-state index in [1.165, 1.54) is 18.1 Å². The van der Waals surface area contributed by atoms with E-state index in [-0.39, 0.29) is 19.0 Å². The monoisotopic (exact) mass is 277 g/mol. The molecule has 1 N–H and O–H groups in total. The number of aliphatic carboxylic acids is 1. The van der Waals surface area contributed by atoms with Crippen LogP contribution in [0.4, 0.5) is 0 Å². The Kier molecular flexibility index (Phi) is 6.46. The molecule has 1 aromatic carbocycles. The molecule has 0 atom stereocenters. The first-order valence-corrected chi connectivity index (χ1v) is 6.27. The second-order valence-corrected chi connectivity index (χ2v) is 4.39. The van der Waals surface area contributed by atoms with E-state index >= 15 is 0 Å². The number of ether oxygens (including phenoxy) is 1. The lowest BCUT2D eigenvalue weighted by molar-refractivity contribution is -0.143. The first-order chi connectivity index (χ1) is 9.52.